The third-order valence-electron chi connectivity index (χ3n) is 1.86. The highest BCUT2D eigenvalue weighted by Gasteiger charge is 2.09. The Kier molecular flexibility index (Phi) is 3.21. The molecule has 0 aliphatic heterocycles. The van der Waals surface area contributed by atoms with Gasteiger partial charge in [-0.2, -0.15) is 0 Å². The van der Waals surface area contributed by atoms with Crippen LogP contribution in [0.5, 0.6) is 0 Å². The number of carbonyl (C=O) groups excluding carboxylic acids is 1. The van der Waals surface area contributed by atoms with E-state index in [2.05, 4.69) is 19.7 Å². The van der Waals surface area contributed by atoms with Gasteiger partial charge in [-0.25, -0.2) is 15.0 Å². The quantitative estimate of drug-likeness (QED) is 0.750. The number of esters is 1. The second-order valence-corrected chi connectivity index (χ2v) is 3.83. The van der Waals surface area contributed by atoms with Crippen LogP contribution in [-0.2, 0) is 16.0 Å². The van der Waals surface area contributed by atoms with Crippen LogP contribution in [0.3, 0.4) is 0 Å². The van der Waals surface area contributed by atoms with Gasteiger partial charge in [0.15, 0.2) is 10.8 Å². The molecule has 0 radical (unpaired) electrons. The molecule has 0 unspecified atom stereocenters. The average Bonchev–Trinajstić information content (AvgIpc) is 2.78. The number of methoxy groups -OCH3 is 1. The topological polar surface area (TPSA) is 65.0 Å². The summed E-state index contributed by atoms with van der Waals surface area (Å²) in [6, 6.07) is 1.74. The number of aromatic nitrogens is 3. The molecule has 82 valence electrons. The molecule has 2 aromatic rings. The maximum absolute atomic E-state index is 11.0. The van der Waals surface area contributed by atoms with E-state index in [0.29, 0.717) is 16.5 Å². The number of rotatable bonds is 3. The van der Waals surface area contributed by atoms with Crippen LogP contribution in [0.15, 0.2) is 23.8 Å². The van der Waals surface area contributed by atoms with E-state index in [1.54, 1.807) is 18.5 Å². The molecule has 0 spiro atoms. The van der Waals surface area contributed by atoms with Gasteiger partial charge in [-0.15, -0.1) is 11.3 Å². The minimum absolute atomic E-state index is 0.180. The predicted octanol–water partition coefficient (Wildman–Crippen LogP) is 1.32. The van der Waals surface area contributed by atoms with Crippen molar-refractivity contribution in [1.29, 1.82) is 0 Å². The Hall–Kier alpha value is -1.82. The second-order valence-electron chi connectivity index (χ2n) is 2.97. The van der Waals surface area contributed by atoms with Crippen molar-refractivity contribution in [3.63, 3.8) is 0 Å². The van der Waals surface area contributed by atoms with Gasteiger partial charge in [0.05, 0.1) is 19.2 Å². The zero-order valence-electron chi connectivity index (χ0n) is 8.58. The van der Waals surface area contributed by atoms with Crippen molar-refractivity contribution in [1.82, 2.24) is 15.0 Å². The van der Waals surface area contributed by atoms with Crippen LogP contribution in [-0.4, -0.2) is 28.0 Å². The average molecular weight is 235 g/mol. The van der Waals surface area contributed by atoms with Gasteiger partial charge in [-0.05, 0) is 6.07 Å². The summed E-state index contributed by atoms with van der Waals surface area (Å²) < 4.78 is 4.56. The third-order valence-corrected chi connectivity index (χ3v) is 2.75. The van der Waals surface area contributed by atoms with Crippen LogP contribution < -0.4 is 0 Å². The fourth-order valence-electron chi connectivity index (χ4n) is 1.12. The molecule has 0 N–H and O–H groups in total. The normalized spacial score (nSPS) is 10.1. The molecule has 0 saturated heterocycles. The van der Waals surface area contributed by atoms with Gasteiger partial charge in [0.25, 0.3) is 0 Å². The Morgan fingerprint density at radius 1 is 1.44 bits per heavy atom. The Balaban J connectivity index is 2.17. The minimum atomic E-state index is -0.300. The molecular weight excluding hydrogens is 226 g/mol. The summed E-state index contributed by atoms with van der Waals surface area (Å²) >= 11 is 1.41. The smallest absolute Gasteiger partial charge is 0.311 e. The summed E-state index contributed by atoms with van der Waals surface area (Å²) in [6.07, 6.45) is 3.49. The molecule has 0 amide bonds. The van der Waals surface area contributed by atoms with Crippen molar-refractivity contribution < 1.29 is 9.53 Å². The van der Waals surface area contributed by atoms with Crippen LogP contribution in [0.4, 0.5) is 0 Å². The van der Waals surface area contributed by atoms with Crippen LogP contribution in [0.25, 0.3) is 10.8 Å². The van der Waals surface area contributed by atoms with Crippen LogP contribution in [0.1, 0.15) is 5.69 Å². The third kappa shape index (κ3) is 2.40. The van der Waals surface area contributed by atoms with E-state index in [9.17, 15) is 4.79 Å². The zero-order valence-corrected chi connectivity index (χ0v) is 9.40. The van der Waals surface area contributed by atoms with Gasteiger partial charge in [-0.1, -0.05) is 0 Å². The molecule has 0 aliphatic rings. The molecule has 0 saturated carbocycles. The number of thiazole rings is 1. The molecule has 0 atom stereocenters. The van der Waals surface area contributed by atoms with E-state index in [-0.39, 0.29) is 12.4 Å². The lowest BCUT2D eigenvalue weighted by Gasteiger charge is -1.94. The summed E-state index contributed by atoms with van der Waals surface area (Å²) in [6.45, 7) is 0. The Morgan fingerprint density at radius 3 is 2.88 bits per heavy atom. The van der Waals surface area contributed by atoms with Gasteiger partial charge in [0.1, 0.15) is 0 Å². The zero-order chi connectivity index (χ0) is 11.4. The summed E-state index contributed by atoms with van der Waals surface area (Å²) in [7, 11) is 1.36. The van der Waals surface area contributed by atoms with Crippen molar-refractivity contribution >= 4 is 17.3 Å². The lowest BCUT2D eigenvalue weighted by atomic mass is 10.3. The lowest BCUT2D eigenvalue weighted by molar-refractivity contribution is -0.139. The van der Waals surface area contributed by atoms with Crippen molar-refractivity contribution in [2.24, 2.45) is 0 Å². The molecule has 0 bridgehead atoms. The maximum atomic E-state index is 11.0. The Bertz CT molecular complexity index is 484. The number of hydrogen-bond acceptors (Lipinski definition) is 6. The summed E-state index contributed by atoms with van der Waals surface area (Å²) in [5.41, 5.74) is 0.680. The number of nitrogens with zero attached hydrogens (tertiary/aromatic N) is 3. The number of ether oxygens (including phenoxy) is 1. The van der Waals surface area contributed by atoms with Crippen LogP contribution in [0.2, 0.25) is 0 Å². The molecular formula is C10H9N3O2S. The van der Waals surface area contributed by atoms with E-state index in [0.717, 1.165) is 0 Å². The molecule has 16 heavy (non-hydrogen) atoms. The lowest BCUT2D eigenvalue weighted by Crippen LogP contribution is -2.04. The van der Waals surface area contributed by atoms with Crippen molar-refractivity contribution in [2.45, 2.75) is 6.42 Å². The van der Waals surface area contributed by atoms with Gasteiger partial charge in [-0.3, -0.25) is 4.79 Å². The first-order chi connectivity index (χ1) is 7.79. The standard InChI is InChI=1S/C10H9N3O2S/c1-15-8(14)5-7-6-16-10(13-7)9-11-3-2-4-12-9/h2-4,6H,5H2,1H3. The second kappa shape index (κ2) is 4.80. The largest absolute Gasteiger partial charge is 0.469 e. The number of hydrogen-bond donors (Lipinski definition) is 0. The van der Waals surface area contributed by atoms with E-state index >= 15 is 0 Å². The summed E-state index contributed by atoms with van der Waals surface area (Å²) in [5.74, 6) is 0.273. The Labute approximate surface area is 96.2 Å². The van der Waals surface area contributed by atoms with Gasteiger partial charge < -0.3 is 4.74 Å². The maximum Gasteiger partial charge on any atom is 0.311 e. The summed E-state index contributed by atoms with van der Waals surface area (Å²) in [4.78, 5) is 23.5. The first kappa shape index (κ1) is 10.7. The molecule has 2 aromatic heterocycles. The first-order valence-corrected chi connectivity index (χ1v) is 5.46. The van der Waals surface area contributed by atoms with Crippen LogP contribution >= 0.6 is 11.3 Å². The van der Waals surface area contributed by atoms with Crippen LogP contribution in [0, 0.1) is 0 Å². The highest BCUT2D eigenvalue weighted by atomic mass is 32.1. The first-order valence-electron chi connectivity index (χ1n) is 4.58. The fraction of sp³-hybridized carbons (Fsp3) is 0.200. The molecule has 0 aromatic carbocycles. The van der Waals surface area contributed by atoms with Crippen molar-refractivity contribution in [3.05, 3.63) is 29.5 Å². The van der Waals surface area contributed by atoms with Gasteiger partial charge in [0, 0.05) is 17.8 Å². The SMILES string of the molecule is COC(=O)Cc1csc(-c2ncccn2)n1. The number of carbonyl (C=O) groups is 1. The van der Waals surface area contributed by atoms with Gasteiger partial charge >= 0.3 is 5.97 Å². The minimum Gasteiger partial charge on any atom is -0.469 e. The Morgan fingerprint density at radius 2 is 2.19 bits per heavy atom. The van der Waals surface area contributed by atoms with Crippen molar-refractivity contribution in [3.8, 4) is 10.8 Å². The molecule has 2 rings (SSSR count). The fourth-order valence-corrected chi connectivity index (χ4v) is 1.88. The van der Waals surface area contributed by atoms with Crippen molar-refractivity contribution in [2.75, 3.05) is 7.11 Å². The molecule has 6 heteroatoms. The molecule has 0 aliphatic carbocycles. The van der Waals surface area contributed by atoms with E-state index in [4.69, 9.17) is 0 Å². The van der Waals surface area contributed by atoms with Gasteiger partial charge in [0.2, 0.25) is 0 Å². The van der Waals surface area contributed by atoms with E-state index in [1.807, 2.05) is 5.38 Å². The molecule has 0 fully saturated rings. The molecule has 5 nitrogen and oxygen atoms in total. The predicted molar refractivity (Wildman–Crippen MR) is 58.9 cm³/mol. The highest BCUT2D eigenvalue weighted by Crippen LogP contribution is 2.19. The summed E-state index contributed by atoms with van der Waals surface area (Å²) in [5, 5.41) is 2.52. The highest BCUT2D eigenvalue weighted by molar-refractivity contribution is 7.13. The monoisotopic (exact) mass is 235 g/mol. The van der Waals surface area contributed by atoms with E-state index in [1.165, 1.54) is 18.4 Å². The van der Waals surface area contributed by atoms with E-state index < -0.39 is 0 Å². The molecule has 2 heterocycles.